The van der Waals surface area contributed by atoms with Crippen molar-refractivity contribution in [3.8, 4) is 12.3 Å². The molecule has 0 aromatic rings. The zero-order valence-corrected chi connectivity index (χ0v) is 8.17. The monoisotopic (exact) mass is 268 g/mol. The van der Waals surface area contributed by atoms with Gasteiger partial charge in [0.15, 0.2) is 0 Å². The SMILES string of the molecule is C#CCOCC1(I)OCCO1. The molecule has 1 rings (SSSR count). The third-order valence-electron chi connectivity index (χ3n) is 1.18. The molecule has 4 heteroatoms. The molecule has 1 heterocycles. The van der Waals surface area contributed by atoms with E-state index in [1.807, 2.05) is 0 Å². The lowest BCUT2D eigenvalue weighted by Crippen LogP contribution is -2.28. The van der Waals surface area contributed by atoms with E-state index in [0.29, 0.717) is 26.4 Å². The van der Waals surface area contributed by atoms with Crippen LogP contribution in [0.2, 0.25) is 0 Å². The van der Waals surface area contributed by atoms with Crippen molar-refractivity contribution >= 4 is 22.6 Å². The molecule has 0 N–H and O–H groups in total. The predicted octanol–water partition coefficient (Wildman–Crippen LogP) is 0.772. The van der Waals surface area contributed by atoms with Crippen LogP contribution in [0.25, 0.3) is 0 Å². The molecule has 62 valence electrons. The Morgan fingerprint density at radius 1 is 1.55 bits per heavy atom. The van der Waals surface area contributed by atoms with E-state index < -0.39 is 3.79 Å². The first-order valence-corrected chi connectivity index (χ1v) is 4.33. The van der Waals surface area contributed by atoms with Crippen LogP contribution in [-0.4, -0.2) is 30.2 Å². The quantitative estimate of drug-likeness (QED) is 0.327. The van der Waals surface area contributed by atoms with Gasteiger partial charge in [0.2, 0.25) is 3.79 Å². The molecule has 0 saturated carbocycles. The molecule has 0 aromatic carbocycles. The molecule has 3 nitrogen and oxygen atoms in total. The molecular weight excluding hydrogens is 259 g/mol. The molecule has 0 atom stereocenters. The largest absolute Gasteiger partial charge is 0.362 e. The van der Waals surface area contributed by atoms with Crippen molar-refractivity contribution in [2.45, 2.75) is 3.79 Å². The fourth-order valence-electron chi connectivity index (χ4n) is 0.745. The van der Waals surface area contributed by atoms with Gasteiger partial charge in [-0.1, -0.05) is 5.92 Å². The minimum Gasteiger partial charge on any atom is -0.362 e. The summed E-state index contributed by atoms with van der Waals surface area (Å²) in [5.41, 5.74) is 0. The second kappa shape index (κ2) is 4.26. The molecule has 1 aliphatic rings. The van der Waals surface area contributed by atoms with E-state index in [-0.39, 0.29) is 0 Å². The Labute approximate surface area is 79.5 Å². The van der Waals surface area contributed by atoms with Crippen molar-refractivity contribution in [3.05, 3.63) is 0 Å². The van der Waals surface area contributed by atoms with E-state index in [0.717, 1.165) is 0 Å². The van der Waals surface area contributed by atoms with Gasteiger partial charge in [0.05, 0.1) is 13.2 Å². The summed E-state index contributed by atoms with van der Waals surface area (Å²) in [6.45, 7) is 1.94. The standard InChI is InChI=1S/C7H9IO3/c1-2-3-9-6-7(8)10-4-5-11-7/h1H,3-6H2. The molecule has 0 aromatic heterocycles. The van der Waals surface area contributed by atoms with Gasteiger partial charge in [-0.25, -0.2) is 0 Å². The van der Waals surface area contributed by atoms with Crippen LogP contribution < -0.4 is 0 Å². The highest BCUT2D eigenvalue weighted by Gasteiger charge is 2.33. The Bertz CT molecular complexity index is 158. The molecule has 0 radical (unpaired) electrons. The van der Waals surface area contributed by atoms with Gasteiger partial charge < -0.3 is 14.2 Å². The summed E-state index contributed by atoms with van der Waals surface area (Å²) in [4.78, 5) is 0. The molecule has 11 heavy (non-hydrogen) atoms. The number of ether oxygens (including phenoxy) is 3. The van der Waals surface area contributed by atoms with Crippen LogP contribution >= 0.6 is 22.6 Å². The van der Waals surface area contributed by atoms with Gasteiger partial charge in [-0.05, 0) is 22.6 Å². The average molecular weight is 268 g/mol. The Morgan fingerprint density at radius 3 is 2.73 bits per heavy atom. The number of alkyl halides is 1. The van der Waals surface area contributed by atoms with Crippen LogP contribution in [0.15, 0.2) is 0 Å². The second-order valence-electron chi connectivity index (χ2n) is 2.05. The van der Waals surface area contributed by atoms with Gasteiger partial charge >= 0.3 is 0 Å². The summed E-state index contributed by atoms with van der Waals surface area (Å²) in [6, 6.07) is 0. The Morgan fingerprint density at radius 2 is 2.18 bits per heavy atom. The number of hydrogen-bond acceptors (Lipinski definition) is 3. The van der Waals surface area contributed by atoms with Crippen molar-refractivity contribution in [1.82, 2.24) is 0 Å². The molecule has 1 aliphatic heterocycles. The minimum absolute atomic E-state index is 0.303. The number of terminal acetylenes is 1. The first-order chi connectivity index (χ1) is 5.27. The summed E-state index contributed by atoms with van der Waals surface area (Å²) in [7, 11) is 0. The van der Waals surface area contributed by atoms with Crippen molar-refractivity contribution in [3.63, 3.8) is 0 Å². The van der Waals surface area contributed by atoms with Crippen molar-refractivity contribution in [2.24, 2.45) is 0 Å². The van der Waals surface area contributed by atoms with Crippen molar-refractivity contribution in [2.75, 3.05) is 26.4 Å². The molecule has 0 amide bonds. The summed E-state index contributed by atoms with van der Waals surface area (Å²) >= 11 is 2.07. The molecule has 0 bridgehead atoms. The van der Waals surface area contributed by atoms with Gasteiger partial charge in [-0.15, -0.1) is 6.42 Å². The molecular formula is C7H9IO3. The van der Waals surface area contributed by atoms with Crippen molar-refractivity contribution in [1.29, 1.82) is 0 Å². The summed E-state index contributed by atoms with van der Waals surface area (Å²) < 4.78 is 15.0. The lowest BCUT2D eigenvalue weighted by molar-refractivity contribution is -0.105. The van der Waals surface area contributed by atoms with E-state index in [2.05, 4.69) is 28.5 Å². The molecule has 1 saturated heterocycles. The number of halogens is 1. The van der Waals surface area contributed by atoms with Gasteiger partial charge in [0.25, 0.3) is 0 Å². The van der Waals surface area contributed by atoms with E-state index in [1.165, 1.54) is 0 Å². The lowest BCUT2D eigenvalue weighted by Gasteiger charge is -2.18. The highest BCUT2D eigenvalue weighted by atomic mass is 127. The Hall–Kier alpha value is 0.170. The molecule has 0 aliphatic carbocycles. The van der Waals surface area contributed by atoms with Gasteiger partial charge in [0.1, 0.15) is 13.2 Å². The Kier molecular flexibility index (Phi) is 3.59. The van der Waals surface area contributed by atoms with Crippen LogP contribution in [0, 0.1) is 12.3 Å². The summed E-state index contributed by atoms with van der Waals surface area (Å²) in [6.07, 6.45) is 5.00. The second-order valence-corrected chi connectivity index (χ2v) is 3.70. The maximum Gasteiger partial charge on any atom is 0.245 e. The van der Waals surface area contributed by atoms with Crippen LogP contribution in [-0.2, 0) is 14.2 Å². The van der Waals surface area contributed by atoms with Gasteiger partial charge in [0, 0.05) is 0 Å². The normalized spacial score (nSPS) is 21.5. The lowest BCUT2D eigenvalue weighted by atomic mass is 10.6. The van der Waals surface area contributed by atoms with Gasteiger partial charge in [-0.2, -0.15) is 0 Å². The van der Waals surface area contributed by atoms with Crippen molar-refractivity contribution < 1.29 is 14.2 Å². The maximum absolute atomic E-state index is 5.26. The number of rotatable bonds is 3. The first kappa shape index (κ1) is 9.26. The van der Waals surface area contributed by atoms with Crippen LogP contribution in [0.5, 0.6) is 0 Å². The fraction of sp³-hybridized carbons (Fsp3) is 0.714. The van der Waals surface area contributed by atoms with Gasteiger partial charge in [-0.3, -0.25) is 0 Å². The average Bonchev–Trinajstić information content (AvgIpc) is 2.38. The predicted molar refractivity (Wildman–Crippen MR) is 48.3 cm³/mol. The van der Waals surface area contributed by atoms with E-state index in [9.17, 15) is 0 Å². The molecule has 0 spiro atoms. The van der Waals surface area contributed by atoms with E-state index in [1.54, 1.807) is 0 Å². The van der Waals surface area contributed by atoms with E-state index >= 15 is 0 Å². The van der Waals surface area contributed by atoms with Crippen LogP contribution in [0.1, 0.15) is 0 Å². The fourth-order valence-corrected chi connectivity index (χ4v) is 1.41. The zero-order valence-electron chi connectivity index (χ0n) is 6.01. The number of hydrogen-bond donors (Lipinski definition) is 0. The minimum atomic E-state index is -0.603. The summed E-state index contributed by atoms with van der Waals surface area (Å²) in [5.74, 6) is 2.37. The third kappa shape index (κ3) is 2.95. The molecule has 0 unspecified atom stereocenters. The smallest absolute Gasteiger partial charge is 0.245 e. The van der Waals surface area contributed by atoms with Crippen LogP contribution in [0.3, 0.4) is 0 Å². The molecule has 1 fully saturated rings. The zero-order chi connectivity index (χ0) is 8.16. The highest BCUT2D eigenvalue weighted by molar-refractivity contribution is 14.1. The maximum atomic E-state index is 5.26. The topological polar surface area (TPSA) is 27.7 Å². The first-order valence-electron chi connectivity index (χ1n) is 3.25. The van der Waals surface area contributed by atoms with E-state index in [4.69, 9.17) is 20.6 Å². The highest BCUT2D eigenvalue weighted by Crippen LogP contribution is 2.26. The van der Waals surface area contributed by atoms with Crippen LogP contribution in [0.4, 0.5) is 0 Å². The summed E-state index contributed by atoms with van der Waals surface area (Å²) in [5, 5.41) is 0. The Balaban J connectivity index is 2.19. The third-order valence-corrected chi connectivity index (χ3v) is 2.11.